The fraction of sp³-hybridized carbons (Fsp3) is 0.261. The van der Waals surface area contributed by atoms with E-state index in [-0.39, 0.29) is 5.69 Å². The highest BCUT2D eigenvalue weighted by Gasteiger charge is 2.34. The van der Waals surface area contributed by atoms with Crippen molar-refractivity contribution in [1.82, 2.24) is 10.2 Å². The van der Waals surface area contributed by atoms with Gasteiger partial charge in [-0.25, -0.2) is 9.18 Å². The molecule has 33 heavy (non-hydrogen) atoms. The first kappa shape index (κ1) is 22.5. The molecule has 2 N–H and O–H groups in total. The van der Waals surface area contributed by atoms with E-state index in [0.717, 1.165) is 43.4 Å². The second-order valence-electron chi connectivity index (χ2n) is 7.67. The largest absolute Gasteiger partial charge is 0.419 e. The van der Waals surface area contributed by atoms with Crippen molar-refractivity contribution in [2.24, 2.45) is 0 Å². The molecule has 6 nitrogen and oxygen atoms in total. The number of piperidine rings is 1. The molecule has 0 atom stereocenters. The van der Waals surface area contributed by atoms with Gasteiger partial charge in [-0.05, 0) is 61.7 Å². The Bertz CT molecular complexity index is 1110. The maximum absolute atomic E-state index is 13.4. The second kappa shape index (κ2) is 9.43. The molecule has 0 radical (unpaired) electrons. The first-order valence-corrected chi connectivity index (χ1v) is 10.4. The van der Waals surface area contributed by atoms with Crippen molar-refractivity contribution in [3.63, 3.8) is 0 Å². The molecule has 0 spiro atoms. The van der Waals surface area contributed by atoms with Crippen molar-refractivity contribution in [2.45, 2.75) is 25.4 Å². The molecule has 172 valence electrons. The van der Waals surface area contributed by atoms with Gasteiger partial charge in [0.05, 0.1) is 11.3 Å². The van der Waals surface area contributed by atoms with E-state index in [1.165, 1.54) is 6.42 Å². The third-order valence-electron chi connectivity index (χ3n) is 5.30. The molecular formula is C23H21F4N5O. The first-order chi connectivity index (χ1) is 15.8. The second-order valence-corrected chi connectivity index (χ2v) is 7.67. The van der Waals surface area contributed by atoms with Crippen LogP contribution in [0.15, 0.2) is 54.6 Å². The van der Waals surface area contributed by atoms with E-state index in [2.05, 4.69) is 25.7 Å². The fourth-order valence-electron chi connectivity index (χ4n) is 3.61. The number of nitrogens with one attached hydrogen (secondary N) is 2. The van der Waals surface area contributed by atoms with Gasteiger partial charge in [0.15, 0.2) is 5.82 Å². The first-order valence-electron chi connectivity index (χ1n) is 10.4. The van der Waals surface area contributed by atoms with Crippen LogP contribution in [0.25, 0.3) is 11.3 Å². The summed E-state index contributed by atoms with van der Waals surface area (Å²) in [7, 11) is 0. The Labute approximate surface area is 187 Å². The third kappa shape index (κ3) is 5.57. The third-order valence-corrected chi connectivity index (χ3v) is 5.30. The van der Waals surface area contributed by atoms with Crippen LogP contribution in [0.4, 0.5) is 39.5 Å². The van der Waals surface area contributed by atoms with E-state index in [1.807, 2.05) is 12.1 Å². The Hall–Kier alpha value is -3.69. The van der Waals surface area contributed by atoms with Gasteiger partial charge in [-0.1, -0.05) is 12.1 Å². The van der Waals surface area contributed by atoms with Crippen molar-refractivity contribution in [3.8, 4) is 11.3 Å². The molecule has 3 aromatic rings. The molecule has 1 fully saturated rings. The molecule has 2 heterocycles. The van der Waals surface area contributed by atoms with Gasteiger partial charge in [-0.2, -0.15) is 13.2 Å². The van der Waals surface area contributed by atoms with Crippen molar-refractivity contribution < 1.29 is 22.4 Å². The number of aromatic nitrogens is 2. The predicted molar refractivity (Wildman–Crippen MR) is 118 cm³/mol. The molecule has 2 amide bonds. The van der Waals surface area contributed by atoms with E-state index in [4.69, 9.17) is 0 Å². The number of carbonyl (C=O) groups is 1. The Morgan fingerprint density at radius 1 is 0.848 bits per heavy atom. The summed E-state index contributed by atoms with van der Waals surface area (Å²) in [5, 5.41) is 13.4. The van der Waals surface area contributed by atoms with Crippen molar-refractivity contribution in [3.05, 3.63) is 66.0 Å². The zero-order chi connectivity index (χ0) is 23.4. The predicted octanol–water partition coefficient (Wildman–Crippen LogP) is 5.94. The molecule has 10 heteroatoms. The lowest BCUT2D eigenvalue weighted by molar-refractivity contribution is -0.139. The SMILES string of the molecule is O=C(Nc1ccc(-c2ccc(N3CCCCC3)nn2)cc1)Nc1ccc(F)c(C(F)(F)F)c1. The highest BCUT2D eigenvalue weighted by Crippen LogP contribution is 2.33. The number of hydrogen-bond donors (Lipinski definition) is 2. The van der Waals surface area contributed by atoms with E-state index < -0.39 is 23.6 Å². The summed E-state index contributed by atoms with van der Waals surface area (Å²) >= 11 is 0. The molecule has 2 aromatic carbocycles. The van der Waals surface area contributed by atoms with Gasteiger partial charge in [0, 0.05) is 30.0 Å². The number of rotatable bonds is 4. The van der Waals surface area contributed by atoms with Crippen LogP contribution in [0, 0.1) is 5.82 Å². The van der Waals surface area contributed by atoms with Gasteiger partial charge in [0.25, 0.3) is 0 Å². The Balaban J connectivity index is 1.38. The number of amides is 2. The van der Waals surface area contributed by atoms with Crippen LogP contribution in [0.5, 0.6) is 0 Å². The van der Waals surface area contributed by atoms with E-state index in [0.29, 0.717) is 23.5 Å². The number of halogens is 4. The van der Waals surface area contributed by atoms with Crippen LogP contribution < -0.4 is 15.5 Å². The topological polar surface area (TPSA) is 70.2 Å². The maximum Gasteiger partial charge on any atom is 0.419 e. The van der Waals surface area contributed by atoms with Gasteiger partial charge in [0.1, 0.15) is 5.82 Å². The van der Waals surface area contributed by atoms with Crippen LogP contribution in [0.3, 0.4) is 0 Å². The summed E-state index contributed by atoms with van der Waals surface area (Å²) in [5.74, 6) is -0.556. The van der Waals surface area contributed by atoms with Gasteiger partial charge in [-0.15, -0.1) is 10.2 Å². The lowest BCUT2D eigenvalue weighted by Gasteiger charge is -2.27. The summed E-state index contributed by atoms with van der Waals surface area (Å²) in [6, 6.07) is 12.1. The van der Waals surface area contributed by atoms with Crippen molar-refractivity contribution in [1.29, 1.82) is 0 Å². The highest BCUT2D eigenvalue weighted by atomic mass is 19.4. The average molecular weight is 459 g/mol. The zero-order valence-electron chi connectivity index (χ0n) is 17.5. The number of anilines is 3. The average Bonchev–Trinajstić information content (AvgIpc) is 2.81. The normalized spacial score (nSPS) is 14.1. The zero-order valence-corrected chi connectivity index (χ0v) is 17.5. The summed E-state index contributed by atoms with van der Waals surface area (Å²) in [4.78, 5) is 14.4. The van der Waals surface area contributed by atoms with Gasteiger partial charge in [0.2, 0.25) is 0 Å². The smallest absolute Gasteiger partial charge is 0.355 e. The minimum Gasteiger partial charge on any atom is -0.355 e. The van der Waals surface area contributed by atoms with Crippen LogP contribution >= 0.6 is 0 Å². The van der Waals surface area contributed by atoms with Gasteiger partial charge < -0.3 is 15.5 Å². The molecular weight excluding hydrogens is 438 g/mol. The van der Waals surface area contributed by atoms with E-state index in [1.54, 1.807) is 24.3 Å². The highest BCUT2D eigenvalue weighted by molar-refractivity contribution is 5.99. The minimum atomic E-state index is -4.86. The van der Waals surface area contributed by atoms with E-state index in [9.17, 15) is 22.4 Å². The van der Waals surface area contributed by atoms with Crippen molar-refractivity contribution in [2.75, 3.05) is 28.6 Å². The number of alkyl halides is 3. The molecule has 0 aliphatic carbocycles. The summed E-state index contributed by atoms with van der Waals surface area (Å²) in [6.07, 6.45) is -1.33. The molecule has 1 aliphatic heterocycles. The van der Waals surface area contributed by atoms with Gasteiger partial charge >= 0.3 is 12.2 Å². The number of benzene rings is 2. The van der Waals surface area contributed by atoms with Crippen LogP contribution in [-0.2, 0) is 6.18 Å². The van der Waals surface area contributed by atoms with Crippen molar-refractivity contribution >= 4 is 23.2 Å². The number of nitrogens with zero attached hydrogens (tertiary/aromatic N) is 3. The molecule has 0 saturated carbocycles. The molecule has 1 aromatic heterocycles. The minimum absolute atomic E-state index is 0.179. The fourth-order valence-corrected chi connectivity index (χ4v) is 3.61. The van der Waals surface area contributed by atoms with Gasteiger partial charge in [-0.3, -0.25) is 0 Å². The Morgan fingerprint density at radius 2 is 1.52 bits per heavy atom. The molecule has 1 aliphatic rings. The quantitative estimate of drug-likeness (QED) is 0.474. The molecule has 0 unspecified atom stereocenters. The summed E-state index contributed by atoms with van der Waals surface area (Å²) < 4.78 is 51.9. The molecule has 0 bridgehead atoms. The monoisotopic (exact) mass is 459 g/mol. The number of urea groups is 1. The van der Waals surface area contributed by atoms with Crippen LogP contribution in [0.1, 0.15) is 24.8 Å². The number of hydrogen-bond acceptors (Lipinski definition) is 4. The van der Waals surface area contributed by atoms with Crippen LogP contribution in [0.2, 0.25) is 0 Å². The lowest BCUT2D eigenvalue weighted by Crippen LogP contribution is -2.30. The lowest BCUT2D eigenvalue weighted by atomic mass is 10.1. The van der Waals surface area contributed by atoms with E-state index >= 15 is 0 Å². The molecule has 1 saturated heterocycles. The Morgan fingerprint density at radius 3 is 2.15 bits per heavy atom. The summed E-state index contributed by atoms with van der Waals surface area (Å²) in [6.45, 7) is 1.96. The standard InChI is InChI=1S/C23H21F4N5O/c24-19-9-8-17(14-18(19)23(25,26)27)29-22(33)28-16-6-4-15(5-7-16)20-10-11-21(31-30-20)32-12-2-1-3-13-32/h4-11,14H,1-3,12-13H2,(H2,28,29,33). The summed E-state index contributed by atoms with van der Waals surface area (Å²) in [5.41, 5.74) is 0.274. The maximum atomic E-state index is 13.4. The Kier molecular flexibility index (Phi) is 6.43. The molecule has 4 rings (SSSR count). The van der Waals surface area contributed by atoms with Crippen LogP contribution in [-0.4, -0.2) is 29.3 Å². The number of carbonyl (C=O) groups excluding carboxylic acids is 1.